The molecule has 4 heteroatoms. The smallest absolute Gasteiger partial charge is 0.148 e. The summed E-state index contributed by atoms with van der Waals surface area (Å²) in [5.74, 6) is 1.47. The Kier molecular flexibility index (Phi) is 2.77. The van der Waals surface area contributed by atoms with E-state index in [1.54, 1.807) is 20.4 Å². The molecule has 0 spiro atoms. The maximum atomic E-state index is 5.26. The highest BCUT2D eigenvalue weighted by atomic mass is 79.9. The average Bonchev–Trinajstić information content (AvgIpc) is 2.28. The van der Waals surface area contributed by atoms with Gasteiger partial charge in [0.15, 0.2) is 0 Å². The Bertz CT molecular complexity index is 499. The van der Waals surface area contributed by atoms with Gasteiger partial charge in [0.2, 0.25) is 0 Å². The summed E-state index contributed by atoms with van der Waals surface area (Å²) in [6.45, 7) is 0. The van der Waals surface area contributed by atoms with Gasteiger partial charge in [-0.3, -0.25) is 4.98 Å². The van der Waals surface area contributed by atoms with Crippen LogP contribution in [-0.2, 0) is 0 Å². The van der Waals surface area contributed by atoms with Gasteiger partial charge in [0.25, 0.3) is 0 Å². The van der Waals surface area contributed by atoms with Gasteiger partial charge in [-0.2, -0.15) is 0 Å². The van der Waals surface area contributed by atoms with E-state index >= 15 is 0 Å². The van der Waals surface area contributed by atoms with Gasteiger partial charge in [-0.15, -0.1) is 0 Å². The van der Waals surface area contributed by atoms with Crippen LogP contribution in [-0.4, -0.2) is 19.2 Å². The van der Waals surface area contributed by atoms with Crippen LogP contribution in [0.4, 0.5) is 0 Å². The molecule has 2 rings (SSSR count). The summed E-state index contributed by atoms with van der Waals surface area (Å²) < 4.78 is 11.4. The lowest BCUT2D eigenvalue weighted by Gasteiger charge is -2.08. The van der Waals surface area contributed by atoms with Gasteiger partial charge >= 0.3 is 0 Å². The van der Waals surface area contributed by atoms with Crippen molar-refractivity contribution in [3.63, 3.8) is 0 Å². The predicted molar refractivity (Wildman–Crippen MR) is 62.5 cm³/mol. The van der Waals surface area contributed by atoms with Crippen LogP contribution in [0.25, 0.3) is 10.9 Å². The van der Waals surface area contributed by atoms with E-state index in [0.29, 0.717) is 5.75 Å². The number of halogens is 1. The molecule has 2 aromatic rings. The minimum absolute atomic E-state index is 0.714. The molecule has 0 atom stereocenters. The summed E-state index contributed by atoms with van der Waals surface area (Å²) in [6.07, 6.45) is 1.74. The van der Waals surface area contributed by atoms with Crippen LogP contribution in [0.3, 0.4) is 0 Å². The standard InChI is InChI=1S/C11H10BrNO2/c1-14-7-5-8-9(12)3-4-13-11(8)10(6-7)15-2/h3-6H,1-2H3. The first-order valence-corrected chi connectivity index (χ1v) is 5.22. The third kappa shape index (κ3) is 1.77. The van der Waals surface area contributed by atoms with E-state index in [-0.39, 0.29) is 0 Å². The Morgan fingerprint density at radius 3 is 2.67 bits per heavy atom. The third-order valence-corrected chi connectivity index (χ3v) is 2.88. The lowest BCUT2D eigenvalue weighted by molar-refractivity contribution is 0.397. The molecular weight excluding hydrogens is 258 g/mol. The van der Waals surface area contributed by atoms with Gasteiger partial charge in [0, 0.05) is 22.1 Å². The van der Waals surface area contributed by atoms with Crippen molar-refractivity contribution in [2.75, 3.05) is 14.2 Å². The van der Waals surface area contributed by atoms with E-state index in [0.717, 1.165) is 21.1 Å². The van der Waals surface area contributed by atoms with Crippen LogP contribution >= 0.6 is 15.9 Å². The zero-order chi connectivity index (χ0) is 10.8. The fourth-order valence-electron chi connectivity index (χ4n) is 1.44. The van der Waals surface area contributed by atoms with E-state index in [2.05, 4.69) is 20.9 Å². The Morgan fingerprint density at radius 1 is 1.20 bits per heavy atom. The zero-order valence-electron chi connectivity index (χ0n) is 8.45. The van der Waals surface area contributed by atoms with E-state index in [1.807, 2.05) is 18.2 Å². The van der Waals surface area contributed by atoms with Crippen molar-refractivity contribution in [3.8, 4) is 11.5 Å². The monoisotopic (exact) mass is 267 g/mol. The van der Waals surface area contributed by atoms with Crippen LogP contribution in [0.1, 0.15) is 0 Å². The van der Waals surface area contributed by atoms with Crippen molar-refractivity contribution < 1.29 is 9.47 Å². The van der Waals surface area contributed by atoms with Gasteiger partial charge in [-0.05, 0) is 12.1 Å². The molecule has 0 N–H and O–H groups in total. The molecule has 0 aliphatic carbocycles. The highest BCUT2D eigenvalue weighted by molar-refractivity contribution is 9.10. The zero-order valence-corrected chi connectivity index (χ0v) is 10.0. The van der Waals surface area contributed by atoms with Crippen molar-refractivity contribution >= 4 is 26.8 Å². The van der Waals surface area contributed by atoms with Gasteiger partial charge in [0.05, 0.1) is 14.2 Å². The van der Waals surface area contributed by atoms with Gasteiger partial charge in [-0.1, -0.05) is 15.9 Å². The van der Waals surface area contributed by atoms with Crippen molar-refractivity contribution in [1.82, 2.24) is 4.98 Å². The molecule has 0 fully saturated rings. The SMILES string of the molecule is COc1cc(OC)c2nccc(Br)c2c1. The van der Waals surface area contributed by atoms with Gasteiger partial charge in [0.1, 0.15) is 17.0 Å². The summed E-state index contributed by atoms with van der Waals surface area (Å²) in [6, 6.07) is 5.64. The maximum Gasteiger partial charge on any atom is 0.148 e. The number of methoxy groups -OCH3 is 2. The third-order valence-electron chi connectivity index (χ3n) is 2.19. The summed E-state index contributed by atoms with van der Waals surface area (Å²) in [5, 5.41) is 0.980. The first-order valence-electron chi connectivity index (χ1n) is 4.42. The summed E-state index contributed by atoms with van der Waals surface area (Å²) in [4.78, 5) is 4.28. The number of aromatic nitrogens is 1. The number of hydrogen-bond donors (Lipinski definition) is 0. The molecule has 0 bridgehead atoms. The number of ether oxygens (including phenoxy) is 2. The molecule has 1 aromatic heterocycles. The predicted octanol–water partition coefficient (Wildman–Crippen LogP) is 3.01. The topological polar surface area (TPSA) is 31.4 Å². The van der Waals surface area contributed by atoms with Crippen LogP contribution < -0.4 is 9.47 Å². The quantitative estimate of drug-likeness (QED) is 0.838. The first kappa shape index (κ1) is 10.2. The summed E-state index contributed by atoms with van der Waals surface area (Å²) in [7, 11) is 3.25. The number of rotatable bonds is 2. The minimum Gasteiger partial charge on any atom is -0.497 e. The van der Waals surface area contributed by atoms with Gasteiger partial charge in [-0.25, -0.2) is 0 Å². The molecule has 3 nitrogen and oxygen atoms in total. The average molecular weight is 268 g/mol. The van der Waals surface area contributed by atoms with Crippen molar-refractivity contribution in [2.45, 2.75) is 0 Å². The Morgan fingerprint density at radius 2 is 2.00 bits per heavy atom. The molecule has 0 saturated carbocycles. The second kappa shape index (κ2) is 4.06. The summed E-state index contributed by atoms with van der Waals surface area (Å²) >= 11 is 3.47. The van der Waals surface area contributed by atoms with Crippen LogP contribution in [0.2, 0.25) is 0 Å². The molecule has 0 saturated heterocycles. The number of pyridine rings is 1. The van der Waals surface area contributed by atoms with E-state index in [4.69, 9.17) is 9.47 Å². The molecule has 15 heavy (non-hydrogen) atoms. The Hall–Kier alpha value is -1.29. The van der Waals surface area contributed by atoms with Crippen LogP contribution in [0.15, 0.2) is 28.9 Å². The highest BCUT2D eigenvalue weighted by Crippen LogP contribution is 2.33. The molecule has 1 heterocycles. The van der Waals surface area contributed by atoms with Crippen molar-refractivity contribution in [2.24, 2.45) is 0 Å². The highest BCUT2D eigenvalue weighted by Gasteiger charge is 2.08. The van der Waals surface area contributed by atoms with E-state index in [1.165, 1.54) is 0 Å². The first-order chi connectivity index (χ1) is 7.26. The van der Waals surface area contributed by atoms with Crippen LogP contribution in [0.5, 0.6) is 11.5 Å². The largest absolute Gasteiger partial charge is 0.497 e. The number of hydrogen-bond acceptors (Lipinski definition) is 3. The molecule has 0 aliphatic rings. The van der Waals surface area contributed by atoms with E-state index in [9.17, 15) is 0 Å². The fraction of sp³-hybridized carbons (Fsp3) is 0.182. The second-order valence-corrected chi connectivity index (χ2v) is 3.87. The second-order valence-electron chi connectivity index (χ2n) is 3.02. The van der Waals surface area contributed by atoms with Gasteiger partial charge < -0.3 is 9.47 Å². The summed E-state index contributed by atoms with van der Waals surface area (Å²) in [5.41, 5.74) is 0.827. The molecule has 0 aliphatic heterocycles. The molecule has 0 unspecified atom stereocenters. The van der Waals surface area contributed by atoms with Crippen LogP contribution in [0, 0.1) is 0 Å². The van der Waals surface area contributed by atoms with Crippen molar-refractivity contribution in [3.05, 3.63) is 28.9 Å². The lowest BCUT2D eigenvalue weighted by atomic mass is 10.2. The maximum absolute atomic E-state index is 5.26. The molecule has 78 valence electrons. The molecule has 0 radical (unpaired) electrons. The normalized spacial score (nSPS) is 10.3. The molecule has 0 amide bonds. The van der Waals surface area contributed by atoms with Crippen molar-refractivity contribution in [1.29, 1.82) is 0 Å². The van der Waals surface area contributed by atoms with E-state index < -0.39 is 0 Å². The Balaban J connectivity index is 2.80. The lowest BCUT2D eigenvalue weighted by Crippen LogP contribution is -1.91. The minimum atomic E-state index is 0.714. The fourth-order valence-corrected chi connectivity index (χ4v) is 1.86. The number of nitrogens with zero attached hydrogens (tertiary/aromatic N) is 1. The number of benzene rings is 1. The molecule has 1 aromatic carbocycles. The molecular formula is C11H10BrNO2. The number of fused-ring (bicyclic) bond motifs is 1. The Labute approximate surface area is 96.2 Å².